The van der Waals surface area contributed by atoms with Gasteiger partial charge in [0.2, 0.25) is 58.9 Å². The number of hydrogen-bond acceptors (Lipinski definition) is 33. The fourth-order valence-corrected chi connectivity index (χ4v) is 17.2. The minimum atomic E-state index is -1.85. The molecule has 0 unspecified atom stereocenters. The molecule has 10 amide bonds. The van der Waals surface area contributed by atoms with Crippen LogP contribution in [0.15, 0.2) is 72.8 Å². The van der Waals surface area contributed by atoms with Crippen LogP contribution in [0.4, 0.5) is 0 Å². The third-order valence-electron chi connectivity index (χ3n) is 25.0. The van der Waals surface area contributed by atoms with Gasteiger partial charge in [0, 0.05) is 205 Å². The molecule has 4 aromatic carbocycles. The Morgan fingerprint density at radius 1 is 0.387 bits per heavy atom. The highest BCUT2D eigenvalue weighted by Crippen LogP contribution is 2.41. The van der Waals surface area contributed by atoms with E-state index in [2.05, 4.69) is 62.9 Å². The lowest BCUT2D eigenvalue weighted by Gasteiger charge is -2.35. The summed E-state index contributed by atoms with van der Waals surface area (Å²) in [5, 5.41) is 149. The number of rotatable bonds is 56. The Labute approximate surface area is 862 Å². The summed E-state index contributed by atoms with van der Waals surface area (Å²) in [5.41, 5.74) is 2.27. The molecule has 3 aliphatic rings. The molecule has 3 saturated heterocycles. The van der Waals surface area contributed by atoms with Gasteiger partial charge in [-0.25, -0.2) is 0 Å². The number of piperidine rings is 2. The number of phenolic OH excluding ortho intramolecular Hbond substituents is 4. The Balaban J connectivity index is 0.800. The zero-order valence-corrected chi connectivity index (χ0v) is 84.4. The van der Waals surface area contributed by atoms with Crippen LogP contribution in [-0.4, -0.2) is 409 Å². The van der Waals surface area contributed by atoms with Crippen LogP contribution in [0.5, 0.6) is 34.5 Å². The molecule has 52 heteroatoms. The van der Waals surface area contributed by atoms with Gasteiger partial charge in [-0.05, 0) is 123 Å². The smallest absolute Gasteiger partial charge is 0.320 e. The summed E-state index contributed by atoms with van der Waals surface area (Å²) in [6.45, 7) is 9.34. The van der Waals surface area contributed by atoms with Gasteiger partial charge in [0.15, 0.2) is 11.6 Å². The normalized spacial score (nSPS) is 15.2. The predicted molar refractivity (Wildman–Crippen MR) is 529 cm³/mol. The second-order valence-electron chi connectivity index (χ2n) is 36.8. The third kappa shape index (κ3) is 36.9. The molecule has 5 heterocycles. The molecule has 2 aromatic heterocycles. The van der Waals surface area contributed by atoms with Crippen LogP contribution in [0.25, 0.3) is 34.2 Å². The van der Waals surface area contributed by atoms with E-state index in [1.807, 2.05) is 27.7 Å². The first-order valence-electron chi connectivity index (χ1n) is 49.5. The number of carboxylic acid groups (broad SMARTS) is 7. The van der Waals surface area contributed by atoms with Gasteiger partial charge in [0.25, 0.3) is 11.8 Å². The van der Waals surface area contributed by atoms with E-state index in [1.54, 1.807) is 89.2 Å². The predicted octanol–water partition coefficient (Wildman–Crippen LogP) is 0.869. The number of carboxylic acids is 7. The molecule has 19 N–H and O–H groups in total. The summed E-state index contributed by atoms with van der Waals surface area (Å²) in [4.78, 5) is 232. The van der Waals surface area contributed by atoms with Crippen LogP contribution >= 0.6 is 0 Å². The van der Waals surface area contributed by atoms with E-state index in [9.17, 15) is 138 Å². The quantitative estimate of drug-likeness (QED) is 0.0236. The Hall–Kier alpha value is -15.3. The number of aliphatic carboxylic acids is 7. The molecule has 52 nitrogen and oxygen atoms in total. The number of aromatic nitrogens is 6. The lowest BCUT2D eigenvalue weighted by atomic mass is 9.98. The minimum Gasteiger partial charge on any atom is -0.508 e. The summed E-state index contributed by atoms with van der Waals surface area (Å²) >= 11 is 0. The van der Waals surface area contributed by atoms with Gasteiger partial charge in [-0.15, -0.1) is 20.4 Å². The van der Waals surface area contributed by atoms with Crippen molar-refractivity contribution >= 4 is 101 Å². The molecule has 4 atom stereocenters. The van der Waals surface area contributed by atoms with Crippen molar-refractivity contribution in [3.63, 3.8) is 0 Å². The van der Waals surface area contributed by atoms with Crippen molar-refractivity contribution in [2.75, 3.05) is 151 Å². The second-order valence-corrected chi connectivity index (χ2v) is 36.8. The van der Waals surface area contributed by atoms with Crippen LogP contribution in [0, 0.1) is 0 Å². The average molecular weight is 2100 g/mol. The summed E-state index contributed by atoms with van der Waals surface area (Å²) in [5.74, 6) is -17.3. The molecule has 3 fully saturated rings. The molecule has 818 valence electrons. The van der Waals surface area contributed by atoms with Gasteiger partial charge in [-0.1, -0.05) is 27.7 Å². The van der Waals surface area contributed by atoms with Crippen molar-refractivity contribution in [1.82, 2.24) is 101 Å². The Bertz CT molecular complexity index is 5450. The first-order valence-corrected chi connectivity index (χ1v) is 49.5. The highest BCUT2D eigenvalue weighted by Gasteiger charge is 2.37. The second kappa shape index (κ2) is 58.5. The highest BCUT2D eigenvalue weighted by molar-refractivity contribution is 5.96. The summed E-state index contributed by atoms with van der Waals surface area (Å²) in [6.07, 6.45) is -5.60. The number of carbonyl (C=O) groups is 17. The van der Waals surface area contributed by atoms with E-state index in [4.69, 9.17) is 18.9 Å². The van der Waals surface area contributed by atoms with Crippen LogP contribution in [-0.2, 0) is 81.4 Å². The van der Waals surface area contributed by atoms with E-state index in [0.29, 0.717) is 59.7 Å². The van der Waals surface area contributed by atoms with E-state index < -0.39 is 227 Å². The molecular formula is C98H134N20O32. The van der Waals surface area contributed by atoms with Crippen LogP contribution in [0.3, 0.4) is 0 Å². The third-order valence-corrected chi connectivity index (χ3v) is 25.0. The lowest BCUT2D eigenvalue weighted by molar-refractivity contribution is -0.145. The molecule has 3 aliphatic heterocycles. The maximum absolute atomic E-state index is 14.5. The number of benzene rings is 4. The van der Waals surface area contributed by atoms with Crippen molar-refractivity contribution in [2.45, 2.75) is 192 Å². The fraction of sp³-hybridized carbons (Fsp3) is 0.541. The Morgan fingerprint density at radius 3 is 1.17 bits per heavy atom. The molecule has 0 aliphatic carbocycles. The molecule has 150 heavy (non-hydrogen) atoms. The lowest BCUT2D eigenvalue weighted by Crippen LogP contribution is -2.57. The summed E-state index contributed by atoms with van der Waals surface area (Å²) in [6, 6.07) is 11.1. The SMILES string of the molecule is CCNC(=O)c1nnc(-c2cc(C(C)C)c(O)cc2O)n1-c1ccc(OC2CCN(C(=O)CC(CC(=O)N3CCC(Oc4ccc(-n5c(C(=O)NCC)nnc5-c5cc(C(C)C)c(O)cc5O)cc4)CC3)NC(=O)CCNC(=O)[C@@H](CCC(=O)O)NC(=O)[C@@H](CCC(=O)O)NC(=O)[C@@H](CCC(=O)O)NC(=O)COCCOCCNC(=O)CC[C@H](C(=O)O)N3CCN(CC(=O)O)CCN(CC(=O)O)CCN(CC(=O)O)CC3)CC2)cc1. The Kier molecular flexibility index (Phi) is 46.1. The minimum absolute atomic E-state index is 0.0145. The van der Waals surface area contributed by atoms with Gasteiger partial charge in [0.05, 0.1) is 50.6 Å². The number of ether oxygens (including phenoxy) is 4. The number of hydrogen-bond donors (Lipinski definition) is 19. The monoisotopic (exact) mass is 2100 g/mol. The highest BCUT2D eigenvalue weighted by atomic mass is 16.5. The van der Waals surface area contributed by atoms with Crippen molar-refractivity contribution in [2.24, 2.45) is 0 Å². The van der Waals surface area contributed by atoms with Gasteiger partial charge in [-0.2, -0.15) is 0 Å². The number of amides is 10. The molecule has 0 saturated carbocycles. The van der Waals surface area contributed by atoms with Gasteiger partial charge >= 0.3 is 41.8 Å². The van der Waals surface area contributed by atoms with Crippen molar-refractivity contribution in [3.05, 3.63) is 95.6 Å². The largest absolute Gasteiger partial charge is 0.508 e. The van der Waals surface area contributed by atoms with Gasteiger partial charge < -0.3 is 127 Å². The number of phenols is 4. The molecule has 0 bridgehead atoms. The van der Waals surface area contributed by atoms with Crippen molar-refractivity contribution in [3.8, 4) is 68.6 Å². The maximum Gasteiger partial charge on any atom is 0.320 e. The van der Waals surface area contributed by atoms with E-state index in [-0.39, 0.29) is 207 Å². The number of nitrogens with zero attached hydrogens (tertiary/aromatic N) is 12. The van der Waals surface area contributed by atoms with E-state index in [1.165, 1.54) is 36.0 Å². The average Bonchev–Trinajstić information content (AvgIpc) is 1.62. The summed E-state index contributed by atoms with van der Waals surface area (Å²) in [7, 11) is 0. The van der Waals surface area contributed by atoms with Crippen LogP contribution in [0.2, 0.25) is 0 Å². The topological polar surface area (TPSA) is 727 Å². The van der Waals surface area contributed by atoms with Gasteiger partial charge in [-0.3, -0.25) is 110 Å². The Morgan fingerprint density at radius 2 is 0.780 bits per heavy atom. The first kappa shape index (κ1) is 118. The van der Waals surface area contributed by atoms with Crippen LogP contribution in [0.1, 0.15) is 182 Å². The van der Waals surface area contributed by atoms with Crippen molar-refractivity contribution in [1.29, 1.82) is 0 Å². The number of nitrogens with one attached hydrogen (secondary N) is 8. The molecule has 9 rings (SSSR count). The zero-order chi connectivity index (χ0) is 110. The fourth-order valence-electron chi connectivity index (χ4n) is 17.2. The van der Waals surface area contributed by atoms with E-state index in [0.717, 1.165) is 0 Å². The van der Waals surface area contributed by atoms with E-state index >= 15 is 0 Å². The van der Waals surface area contributed by atoms with Crippen molar-refractivity contribution < 1.29 is 157 Å². The summed E-state index contributed by atoms with van der Waals surface area (Å²) < 4.78 is 26.7. The maximum atomic E-state index is 14.5. The zero-order valence-electron chi connectivity index (χ0n) is 84.4. The molecule has 0 radical (unpaired) electrons. The standard InChI is InChI=1S/C98H134N20O32/c1-7-99-96(143)91-109-107-89(68-49-66(57(3)4)74(119)51-76(68)121)117(91)60-9-13-62(14-10-60)149-64-26-32-115(33-27-64)81(126)47-59(48-82(127)116-34-28-65(29-35-116)150-63-15-11-61(12-16-63)118-90(108-110-92(118)97(144)100-8-2)69-50-67(58(5)6)75(120)52-77(69)122)103-79(124)25-30-102-93(140)70(17-22-83(128)129)105-95(142)72(19-24-85(132)133)106-94(141)71(18-23-84(130)131)104-80(125)56-148-46-45-147-44-31-101-78(123)21-20-73(98(145)146)114-42-40-112(54-87(136)137)38-36-111(53-86(134)135)37-39-113(41-43-114)55-88(138)139/h9-16,49-52,57-59,64-65,70-73,119-122H,7-8,17-48,53-56H2,1-6H3,(H,99,143)(H,100,144)(H,101,123)(H,102,140)(H,103,124)(H,104,125)(H,105,142)(H,106,141)(H,128,129)(H,130,131)(H,132,133)(H,134,135)(H,136,137)(H,138,139)(H,145,146)/t70-,71-,72-,73-/m1/s1. The van der Waals surface area contributed by atoms with Gasteiger partial charge in [0.1, 0.15) is 77.5 Å². The molecule has 6 aromatic rings. The molecule has 0 spiro atoms. The number of likely N-dealkylation sites (tertiary alicyclic amines) is 2. The number of aromatic hydroxyl groups is 4. The molecular weight excluding hydrogens is 1970 g/mol. The number of carbonyl (C=O) groups excluding carboxylic acids is 10. The first-order chi connectivity index (χ1) is 71.4. The van der Waals surface area contributed by atoms with Crippen LogP contribution < -0.4 is 52.0 Å².